The van der Waals surface area contributed by atoms with Gasteiger partial charge in [-0.1, -0.05) is 0 Å². The lowest BCUT2D eigenvalue weighted by Crippen LogP contribution is -3.13. The maximum atomic E-state index is 11.9. The largest absolute Gasteiger partial charge is 0.484 e. The summed E-state index contributed by atoms with van der Waals surface area (Å²) in [6.45, 7) is 5.62. The van der Waals surface area contributed by atoms with Gasteiger partial charge in [0.1, 0.15) is 5.75 Å². The lowest BCUT2D eigenvalue weighted by atomic mass is 10.1. The van der Waals surface area contributed by atoms with Crippen molar-refractivity contribution >= 4 is 5.91 Å². The summed E-state index contributed by atoms with van der Waals surface area (Å²) in [6.07, 6.45) is 2.07. The third-order valence-corrected chi connectivity index (χ3v) is 3.91. The molecule has 0 radical (unpaired) electrons. The van der Waals surface area contributed by atoms with Crippen LogP contribution in [0.3, 0.4) is 0 Å². The second-order valence-corrected chi connectivity index (χ2v) is 5.37. The predicted molar refractivity (Wildman–Crippen MR) is 79.1 cm³/mol. The molecule has 0 unspecified atom stereocenters. The van der Waals surface area contributed by atoms with Crippen molar-refractivity contribution in [3.05, 3.63) is 29.8 Å². The molecule has 112 valence electrons. The van der Waals surface area contributed by atoms with Gasteiger partial charge >= 0.3 is 0 Å². The van der Waals surface area contributed by atoms with Gasteiger partial charge in [0.25, 0.3) is 5.91 Å². The van der Waals surface area contributed by atoms with Crippen molar-refractivity contribution in [2.24, 2.45) is 0 Å². The van der Waals surface area contributed by atoms with Crippen LogP contribution in [0.4, 0.5) is 0 Å². The van der Waals surface area contributed by atoms with E-state index in [2.05, 4.69) is 12.2 Å². The number of nitrogens with zero attached hydrogens (tertiary/aromatic N) is 1. The number of carbonyl (C=O) groups is 1. The van der Waals surface area contributed by atoms with Crippen LogP contribution >= 0.6 is 0 Å². The highest BCUT2D eigenvalue weighted by Gasteiger charge is 2.22. The van der Waals surface area contributed by atoms with Crippen molar-refractivity contribution in [3.63, 3.8) is 0 Å². The van der Waals surface area contributed by atoms with Crippen LogP contribution in [-0.2, 0) is 4.79 Å². The second-order valence-electron chi connectivity index (χ2n) is 5.37. The Morgan fingerprint density at radius 1 is 1.38 bits per heavy atom. The number of benzene rings is 1. The Hall–Kier alpha value is -2.06. The van der Waals surface area contributed by atoms with Crippen molar-refractivity contribution in [1.82, 2.24) is 5.32 Å². The highest BCUT2D eigenvalue weighted by Crippen LogP contribution is 2.11. The standard InChI is InChI=1S/C16H21N3O2/c1-2-19-9-7-14(8-10-19)18-16(20)12-21-15-5-3-13(11-17)4-6-15/h3-6,14H,2,7-10,12H2,1H3,(H,18,20)/p+1. The van der Waals surface area contributed by atoms with Gasteiger partial charge in [-0.15, -0.1) is 0 Å². The van der Waals surface area contributed by atoms with Gasteiger partial charge in [0, 0.05) is 18.9 Å². The third-order valence-electron chi connectivity index (χ3n) is 3.91. The summed E-state index contributed by atoms with van der Waals surface area (Å²) < 4.78 is 5.42. The molecule has 21 heavy (non-hydrogen) atoms. The molecule has 0 saturated carbocycles. The van der Waals surface area contributed by atoms with Crippen LogP contribution in [0.15, 0.2) is 24.3 Å². The summed E-state index contributed by atoms with van der Waals surface area (Å²) in [6, 6.07) is 9.08. The first-order valence-corrected chi connectivity index (χ1v) is 7.47. The number of quaternary nitrogens is 1. The number of rotatable bonds is 5. The summed E-state index contributed by atoms with van der Waals surface area (Å²) in [4.78, 5) is 13.5. The molecule has 1 saturated heterocycles. The summed E-state index contributed by atoms with van der Waals surface area (Å²) in [7, 11) is 0. The van der Waals surface area contributed by atoms with Gasteiger partial charge in [-0.3, -0.25) is 4.79 Å². The Bertz CT molecular complexity index is 499. The van der Waals surface area contributed by atoms with Crippen molar-refractivity contribution in [1.29, 1.82) is 5.26 Å². The molecule has 1 aliphatic heterocycles. The Labute approximate surface area is 125 Å². The molecule has 1 aromatic carbocycles. The molecule has 0 spiro atoms. The third kappa shape index (κ3) is 4.76. The van der Waals surface area contributed by atoms with Crippen LogP contribution in [0.5, 0.6) is 5.75 Å². The summed E-state index contributed by atoms with van der Waals surface area (Å²) in [5, 5.41) is 11.7. The first-order valence-electron chi connectivity index (χ1n) is 7.47. The first kappa shape index (κ1) is 15.3. The molecular formula is C16H22N3O2+. The number of carbonyl (C=O) groups excluding carboxylic acids is 1. The number of amides is 1. The van der Waals surface area contributed by atoms with Gasteiger partial charge in [-0.05, 0) is 31.2 Å². The molecular weight excluding hydrogens is 266 g/mol. The normalized spacial score (nSPS) is 21.3. The van der Waals surface area contributed by atoms with E-state index < -0.39 is 0 Å². The fourth-order valence-electron chi connectivity index (χ4n) is 2.57. The van der Waals surface area contributed by atoms with Crippen molar-refractivity contribution in [3.8, 4) is 11.8 Å². The smallest absolute Gasteiger partial charge is 0.258 e. The van der Waals surface area contributed by atoms with Crippen LogP contribution in [0.1, 0.15) is 25.3 Å². The highest BCUT2D eigenvalue weighted by atomic mass is 16.5. The van der Waals surface area contributed by atoms with E-state index in [0.717, 1.165) is 32.5 Å². The molecule has 1 aromatic rings. The van der Waals surface area contributed by atoms with E-state index in [9.17, 15) is 4.79 Å². The number of hydrogen-bond acceptors (Lipinski definition) is 3. The monoisotopic (exact) mass is 288 g/mol. The van der Waals surface area contributed by atoms with Gasteiger partial charge in [-0.25, -0.2) is 0 Å². The van der Waals surface area contributed by atoms with Crippen molar-refractivity contribution < 1.29 is 14.4 Å². The number of likely N-dealkylation sites (tertiary alicyclic amines) is 1. The molecule has 1 aliphatic rings. The Balaban J connectivity index is 1.71. The van der Waals surface area contributed by atoms with Crippen molar-refractivity contribution in [2.45, 2.75) is 25.8 Å². The molecule has 2 rings (SSSR count). The Morgan fingerprint density at radius 3 is 2.62 bits per heavy atom. The molecule has 1 amide bonds. The van der Waals surface area contributed by atoms with Crippen LogP contribution < -0.4 is 15.0 Å². The number of nitrogens with one attached hydrogen (secondary N) is 2. The number of ether oxygens (including phenoxy) is 1. The SMILES string of the molecule is CC[NH+]1CCC(NC(=O)COc2ccc(C#N)cc2)CC1. The van der Waals surface area contributed by atoms with Gasteiger partial charge in [0.2, 0.25) is 0 Å². The zero-order chi connectivity index (χ0) is 15.1. The minimum Gasteiger partial charge on any atom is -0.484 e. The zero-order valence-corrected chi connectivity index (χ0v) is 12.4. The first-order chi connectivity index (χ1) is 10.2. The summed E-state index contributed by atoms with van der Waals surface area (Å²) in [5.41, 5.74) is 0.581. The van der Waals surface area contributed by atoms with Crippen LogP contribution in [0, 0.1) is 11.3 Å². The maximum absolute atomic E-state index is 11.9. The molecule has 0 atom stereocenters. The van der Waals surface area contributed by atoms with Crippen LogP contribution in [0.2, 0.25) is 0 Å². The molecule has 2 N–H and O–H groups in total. The van der Waals surface area contributed by atoms with E-state index >= 15 is 0 Å². The van der Waals surface area contributed by atoms with E-state index in [-0.39, 0.29) is 18.6 Å². The predicted octanol–water partition coefficient (Wildman–Crippen LogP) is 0.120. The maximum Gasteiger partial charge on any atom is 0.258 e. The van der Waals surface area contributed by atoms with Crippen molar-refractivity contribution in [2.75, 3.05) is 26.2 Å². The Morgan fingerprint density at radius 2 is 2.05 bits per heavy atom. The summed E-state index contributed by atoms with van der Waals surface area (Å²) >= 11 is 0. The fraction of sp³-hybridized carbons (Fsp3) is 0.500. The second kappa shape index (κ2) is 7.65. The van der Waals surface area contributed by atoms with E-state index in [1.165, 1.54) is 0 Å². The number of nitriles is 1. The number of piperidine rings is 1. The lowest BCUT2D eigenvalue weighted by molar-refractivity contribution is -0.903. The minimum atomic E-state index is -0.0793. The van der Waals surface area contributed by atoms with E-state index in [4.69, 9.17) is 10.00 Å². The van der Waals surface area contributed by atoms with Gasteiger partial charge in [-0.2, -0.15) is 5.26 Å². The van der Waals surface area contributed by atoms with Gasteiger partial charge < -0.3 is 15.0 Å². The fourth-order valence-corrected chi connectivity index (χ4v) is 2.57. The van der Waals surface area contributed by atoms with E-state index in [0.29, 0.717) is 11.3 Å². The van der Waals surface area contributed by atoms with E-state index in [1.807, 2.05) is 6.07 Å². The van der Waals surface area contributed by atoms with Gasteiger partial charge in [0.15, 0.2) is 6.61 Å². The lowest BCUT2D eigenvalue weighted by Gasteiger charge is -2.28. The molecule has 0 bridgehead atoms. The molecule has 5 nitrogen and oxygen atoms in total. The quantitative estimate of drug-likeness (QED) is 0.809. The average molecular weight is 288 g/mol. The number of hydrogen-bond donors (Lipinski definition) is 2. The topological polar surface area (TPSA) is 66.6 Å². The molecule has 1 fully saturated rings. The van der Waals surface area contributed by atoms with Gasteiger partial charge in [0.05, 0.1) is 31.3 Å². The molecule has 0 aromatic heterocycles. The highest BCUT2D eigenvalue weighted by molar-refractivity contribution is 5.77. The van der Waals surface area contributed by atoms with Crippen LogP contribution in [-0.4, -0.2) is 38.2 Å². The van der Waals surface area contributed by atoms with E-state index in [1.54, 1.807) is 29.2 Å². The summed E-state index contributed by atoms with van der Waals surface area (Å²) in [5.74, 6) is 0.527. The Kier molecular flexibility index (Phi) is 5.59. The zero-order valence-electron chi connectivity index (χ0n) is 12.4. The minimum absolute atomic E-state index is 0.0206. The molecule has 0 aliphatic carbocycles. The molecule has 5 heteroatoms. The average Bonchev–Trinajstić information content (AvgIpc) is 2.54. The molecule has 1 heterocycles. The van der Waals surface area contributed by atoms with Crippen LogP contribution in [0.25, 0.3) is 0 Å².